The highest BCUT2D eigenvalue weighted by Crippen LogP contribution is 2.16. The Labute approximate surface area is 116 Å². The quantitative estimate of drug-likeness (QED) is 0.514. The molecule has 0 spiro atoms. The molecule has 0 aliphatic heterocycles. The van der Waals surface area contributed by atoms with Crippen LogP contribution in [0.3, 0.4) is 0 Å². The van der Waals surface area contributed by atoms with Crippen LogP contribution in [0.15, 0.2) is 0 Å². The van der Waals surface area contributed by atoms with E-state index >= 15 is 0 Å². The molecule has 0 amide bonds. The van der Waals surface area contributed by atoms with E-state index in [2.05, 4.69) is 20.8 Å². The van der Waals surface area contributed by atoms with Gasteiger partial charge in [-0.3, -0.25) is 4.55 Å². The fourth-order valence-electron chi connectivity index (χ4n) is 1.91. The highest BCUT2D eigenvalue weighted by Gasteiger charge is 2.08. The minimum absolute atomic E-state index is 0.287. The van der Waals surface area contributed by atoms with Crippen LogP contribution in [0, 0.1) is 0 Å². The normalized spacial score (nSPS) is 11.2. The van der Waals surface area contributed by atoms with Gasteiger partial charge in [0.1, 0.15) is 0 Å². The van der Waals surface area contributed by atoms with Gasteiger partial charge in [0.25, 0.3) is 10.1 Å². The van der Waals surface area contributed by atoms with Crippen molar-refractivity contribution in [2.24, 2.45) is 0 Å². The summed E-state index contributed by atoms with van der Waals surface area (Å²) in [6, 6.07) is 4.86. The topological polar surface area (TPSA) is 54.4 Å². The fourth-order valence-corrected chi connectivity index (χ4v) is 5.73. The van der Waals surface area contributed by atoms with Gasteiger partial charge in [-0.05, 0) is 0 Å². The van der Waals surface area contributed by atoms with Gasteiger partial charge in [-0.2, -0.15) is 8.42 Å². The maximum absolute atomic E-state index is 9.19. The molecule has 0 aromatic carbocycles. The Morgan fingerprint density at radius 1 is 0.833 bits per heavy atom. The van der Waals surface area contributed by atoms with Gasteiger partial charge < -0.3 is 0 Å². The lowest BCUT2D eigenvalue weighted by atomic mass is 10.4. The lowest BCUT2D eigenvalue weighted by Crippen LogP contribution is -2.11. The average molecular weight is 297 g/mol. The van der Waals surface area contributed by atoms with Crippen LogP contribution < -0.4 is 0 Å². The van der Waals surface area contributed by atoms with Crippen molar-refractivity contribution in [1.82, 2.24) is 0 Å². The van der Waals surface area contributed by atoms with E-state index in [1.54, 1.807) is 18.1 Å². The van der Waals surface area contributed by atoms with E-state index in [4.69, 9.17) is 4.55 Å². The summed E-state index contributed by atoms with van der Waals surface area (Å²) in [5.74, 6) is 0. The Balaban J connectivity index is 0. The second-order valence-electron chi connectivity index (χ2n) is 5.03. The largest absolute Gasteiger partial charge is 0.286 e. The van der Waals surface area contributed by atoms with Crippen molar-refractivity contribution < 1.29 is 13.0 Å². The molecular formula is C13H32O3SSi. The molecule has 0 aromatic heterocycles. The zero-order valence-electron chi connectivity index (χ0n) is 12.6. The maximum Gasteiger partial charge on any atom is 0.261 e. The van der Waals surface area contributed by atoms with Crippen molar-refractivity contribution in [2.45, 2.75) is 77.4 Å². The molecule has 0 radical (unpaired) electrons. The van der Waals surface area contributed by atoms with E-state index in [-0.39, 0.29) is 8.80 Å². The molecule has 112 valence electrons. The Morgan fingerprint density at radius 3 is 1.22 bits per heavy atom. The summed E-state index contributed by atoms with van der Waals surface area (Å²) in [5, 5.41) is 0. The highest BCUT2D eigenvalue weighted by atomic mass is 32.2. The van der Waals surface area contributed by atoms with Gasteiger partial charge in [0.15, 0.2) is 0 Å². The van der Waals surface area contributed by atoms with Crippen molar-refractivity contribution in [3.05, 3.63) is 0 Å². The van der Waals surface area contributed by atoms with E-state index in [1.807, 2.05) is 0 Å². The third-order valence-electron chi connectivity index (χ3n) is 2.90. The first-order valence-electron chi connectivity index (χ1n) is 7.27. The first kappa shape index (κ1) is 20.4. The Hall–Kier alpha value is 0.127. The molecule has 0 unspecified atom stereocenters. The molecule has 0 rings (SSSR count). The summed E-state index contributed by atoms with van der Waals surface area (Å²) in [4.78, 5) is 0. The molecule has 5 heteroatoms. The van der Waals surface area contributed by atoms with Gasteiger partial charge in [-0.25, -0.2) is 0 Å². The number of unbranched alkanes of at least 4 members (excludes halogenated alkanes) is 3. The van der Waals surface area contributed by atoms with Crippen molar-refractivity contribution in [3.63, 3.8) is 0 Å². The molecule has 3 nitrogen and oxygen atoms in total. The van der Waals surface area contributed by atoms with Crippen molar-refractivity contribution in [2.75, 3.05) is 6.26 Å². The molecule has 0 atom stereocenters. The summed E-state index contributed by atoms with van der Waals surface area (Å²) in [5.41, 5.74) is 0. The van der Waals surface area contributed by atoms with Crippen LogP contribution in [-0.4, -0.2) is 28.0 Å². The predicted molar refractivity (Wildman–Crippen MR) is 83.8 cm³/mol. The molecule has 0 bridgehead atoms. The van der Waals surface area contributed by atoms with E-state index in [1.165, 1.54) is 38.5 Å². The summed E-state index contributed by atoms with van der Waals surface area (Å²) in [6.45, 7) is 6.97. The summed E-state index contributed by atoms with van der Waals surface area (Å²) < 4.78 is 25.9. The second kappa shape index (κ2) is 13.6. The maximum atomic E-state index is 9.19. The van der Waals surface area contributed by atoms with Gasteiger partial charge >= 0.3 is 0 Å². The summed E-state index contributed by atoms with van der Waals surface area (Å²) in [6.07, 6.45) is 9.44. The van der Waals surface area contributed by atoms with Gasteiger partial charge in [-0.1, -0.05) is 77.4 Å². The van der Waals surface area contributed by atoms with E-state index < -0.39 is 10.1 Å². The zero-order chi connectivity index (χ0) is 14.4. The predicted octanol–water partition coefficient (Wildman–Crippen LogP) is 4.12. The van der Waals surface area contributed by atoms with Gasteiger partial charge in [0.2, 0.25) is 0 Å². The molecule has 0 aromatic rings. The van der Waals surface area contributed by atoms with Gasteiger partial charge in [0, 0.05) is 8.80 Å². The van der Waals surface area contributed by atoms with Crippen LogP contribution >= 0.6 is 0 Å². The van der Waals surface area contributed by atoms with Crippen molar-refractivity contribution in [1.29, 1.82) is 0 Å². The number of hydrogen-bond acceptors (Lipinski definition) is 2. The fraction of sp³-hybridized carbons (Fsp3) is 1.00. The summed E-state index contributed by atoms with van der Waals surface area (Å²) >= 11 is 0. The Kier molecular flexibility index (Phi) is 15.4. The third-order valence-corrected chi connectivity index (χ3v) is 6.57. The van der Waals surface area contributed by atoms with Gasteiger partial charge in [0.05, 0.1) is 6.26 Å². The third kappa shape index (κ3) is 25.1. The van der Waals surface area contributed by atoms with E-state index in [9.17, 15) is 8.42 Å². The minimum atomic E-state index is -3.67. The molecule has 0 saturated carbocycles. The molecule has 18 heavy (non-hydrogen) atoms. The first-order chi connectivity index (χ1) is 8.35. The lowest BCUT2D eigenvalue weighted by Gasteiger charge is -2.13. The van der Waals surface area contributed by atoms with Crippen molar-refractivity contribution in [3.8, 4) is 0 Å². The molecule has 0 saturated heterocycles. The summed E-state index contributed by atoms with van der Waals surface area (Å²) in [7, 11) is -3.95. The molecule has 1 N–H and O–H groups in total. The van der Waals surface area contributed by atoms with Crippen LogP contribution in [-0.2, 0) is 10.1 Å². The van der Waals surface area contributed by atoms with Crippen LogP contribution in [0.5, 0.6) is 0 Å². The number of hydrogen-bond donors (Lipinski definition) is 1. The Bertz CT molecular complexity index is 226. The highest BCUT2D eigenvalue weighted by molar-refractivity contribution is 7.85. The lowest BCUT2D eigenvalue weighted by molar-refractivity contribution is 0.490. The molecule has 0 fully saturated rings. The van der Waals surface area contributed by atoms with E-state index in [0.717, 1.165) is 0 Å². The molecule has 0 heterocycles. The Morgan fingerprint density at radius 2 is 1.06 bits per heavy atom. The minimum Gasteiger partial charge on any atom is -0.286 e. The van der Waals surface area contributed by atoms with Crippen LogP contribution in [0.25, 0.3) is 0 Å². The SMILES string of the molecule is CCCC[SiH](CCCC)CCCC.CS(=O)(=O)O. The van der Waals surface area contributed by atoms with Crippen LogP contribution in [0.2, 0.25) is 18.1 Å². The monoisotopic (exact) mass is 296 g/mol. The average Bonchev–Trinajstić information content (AvgIpc) is 2.26. The molecule has 0 aliphatic rings. The second-order valence-corrected chi connectivity index (χ2v) is 9.96. The smallest absolute Gasteiger partial charge is 0.261 e. The first-order valence-corrected chi connectivity index (χ1v) is 11.6. The standard InChI is InChI=1S/C12H28Si.CH4O3S/c1-4-7-10-13(11-8-5-2)12-9-6-3;1-5(2,3)4/h13H,4-12H2,1-3H3;1H3,(H,2,3,4). The van der Waals surface area contributed by atoms with Crippen LogP contribution in [0.4, 0.5) is 0 Å². The van der Waals surface area contributed by atoms with Crippen molar-refractivity contribution >= 4 is 18.9 Å². The molecular weight excluding hydrogens is 264 g/mol. The van der Waals surface area contributed by atoms with Crippen LogP contribution in [0.1, 0.15) is 59.3 Å². The number of rotatable bonds is 9. The van der Waals surface area contributed by atoms with Gasteiger partial charge in [-0.15, -0.1) is 0 Å². The van der Waals surface area contributed by atoms with E-state index in [0.29, 0.717) is 6.26 Å². The molecule has 0 aliphatic carbocycles. The zero-order valence-corrected chi connectivity index (χ0v) is 14.6.